The zero-order valence-corrected chi connectivity index (χ0v) is 21.4. The van der Waals surface area contributed by atoms with Crippen LogP contribution in [0.1, 0.15) is 29.7 Å². The van der Waals surface area contributed by atoms with E-state index in [0.717, 1.165) is 23.4 Å². The summed E-state index contributed by atoms with van der Waals surface area (Å²) in [5.41, 5.74) is 2.20. The maximum Gasteiger partial charge on any atom is 0.174 e. The van der Waals surface area contributed by atoms with Gasteiger partial charge in [0.05, 0.1) is 34.0 Å². The van der Waals surface area contributed by atoms with Crippen LogP contribution >= 0.6 is 23.2 Å². The second-order valence-electron chi connectivity index (χ2n) is 9.02. The molecule has 1 heterocycles. The van der Waals surface area contributed by atoms with Gasteiger partial charge in [0.2, 0.25) is 0 Å². The number of benzene rings is 3. The average molecular weight is 521 g/mol. The first-order valence-corrected chi connectivity index (χ1v) is 12.3. The molecule has 1 N–H and O–H groups in total. The third-order valence-corrected chi connectivity index (χ3v) is 6.97. The monoisotopic (exact) mass is 520 g/mol. The van der Waals surface area contributed by atoms with Crippen LogP contribution in [0.25, 0.3) is 0 Å². The number of nitrogens with zero attached hydrogens (tertiary/aromatic N) is 4. The third-order valence-electron chi connectivity index (χ3n) is 6.42. The van der Waals surface area contributed by atoms with Gasteiger partial charge in [-0.3, -0.25) is 4.90 Å². The standard InChI is InChI=1S/C28H26Cl2N4O2/c1-28(35,22-6-2-20(17-32)3-7-22)19-33-13-14-34(27(18-33)21-4-8-23(29)9-5-21)26-11-10-24(16-25(26)30)36-15-12-31/h2-11,16,27,35H,13-15,18-19H2,1H3/t27-,28+/m0/s1. The van der Waals surface area contributed by atoms with E-state index in [1.54, 1.807) is 37.3 Å². The number of anilines is 1. The highest BCUT2D eigenvalue weighted by Gasteiger charge is 2.34. The minimum Gasteiger partial charge on any atom is -0.479 e. The van der Waals surface area contributed by atoms with Gasteiger partial charge in [-0.05, 0) is 54.4 Å². The van der Waals surface area contributed by atoms with Gasteiger partial charge in [-0.1, -0.05) is 47.5 Å². The van der Waals surface area contributed by atoms with E-state index in [4.69, 9.17) is 38.5 Å². The van der Waals surface area contributed by atoms with E-state index in [9.17, 15) is 5.11 Å². The predicted octanol–water partition coefficient (Wildman–Crippen LogP) is 5.54. The smallest absolute Gasteiger partial charge is 0.174 e. The molecule has 1 saturated heterocycles. The quantitative estimate of drug-likeness (QED) is 0.440. The number of nitriles is 2. The molecule has 6 nitrogen and oxygen atoms in total. The van der Waals surface area contributed by atoms with Crippen LogP contribution in [0.4, 0.5) is 5.69 Å². The van der Waals surface area contributed by atoms with Crippen LogP contribution in [0.5, 0.6) is 5.75 Å². The molecule has 3 aromatic rings. The van der Waals surface area contributed by atoms with E-state index in [-0.39, 0.29) is 12.6 Å². The second kappa shape index (κ2) is 11.2. The van der Waals surface area contributed by atoms with Crippen molar-refractivity contribution in [2.45, 2.75) is 18.6 Å². The zero-order valence-electron chi connectivity index (χ0n) is 19.9. The van der Waals surface area contributed by atoms with Crippen LogP contribution in [0.2, 0.25) is 10.0 Å². The fraction of sp³-hybridized carbons (Fsp3) is 0.286. The van der Waals surface area contributed by atoms with Crippen molar-refractivity contribution in [3.8, 4) is 17.9 Å². The van der Waals surface area contributed by atoms with Gasteiger partial charge in [-0.25, -0.2) is 0 Å². The van der Waals surface area contributed by atoms with Crippen molar-refractivity contribution in [1.29, 1.82) is 10.5 Å². The maximum absolute atomic E-state index is 11.3. The second-order valence-corrected chi connectivity index (χ2v) is 9.86. The Morgan fingerprint density at radius 3 is 2.39 bits per heavy atom. The Labute approximate surface area is 221 Å². The number of piperazine rings is 1. The molecule has 3 aromatic carbocycles. The Hall–Kier alpha value is -3.26. The van der Waals surface area contributed by atoms with Crippen molar-refractivity contribution in [1.82, 2.24) is 4.90 Å². The average Bonchev–Trinajstić information content (AvgIpc) is 2.88. The van der Waals surface area contributed by atoms with Gasteiger partial charge < -0.3 is 14.7 Å². The summed E-state index contributed by atoms with van der Waals surface area (Å²) in [5, 5.41) is 30.4. The number of hydrogen-bond donors (Lipinski definition) is 1. The lowest BCUT2D eigenvalue weighted by Crippen LogP contribution is -2.52. The van der Waals surface area contributed by atoms with E-state index in [1.165, 1.54) is 0 Å². The van der Waals surface area contributed by atoms with Crippen LogP contribution in [-0.2, 0) is 5.60 Å². The number of aliphatic hydroxyl groups is 1. The van der Waals surface area contributed by atoms with Crippen molar-refractivity contribution in [3.63, 3.8) is 0 Å². The molecule has 0 radical (unpaired) electrons. The van der Waals surface area contributed by atoms with Crippen molar-refractivity contribution in [2.75, 3.05) is 37.7 Å². The molecular formula is C28H26Cl2N4O2. The van der Waals surface area contributed by atoms with Gasteiger partial charge in [-0.15, -0.1) is 0 Å². The molecule has 1 aliphatic heterocycles. The van der Waals surface area contributed by atoms with E-state index >= 15 is 0 Å². The first-order valence-electron chi connectivity index (χ1n) is 11.6. The minimum atomic E-state index is -1.09. The molecule has 0 saturated carbocycles. The molecule has 0 amide bonds. The van der Waals surface area contributed by atoms with E-state index in [2.05, 4.69) is 15.9 Å². The maximum atomic E-state index is 11.3. The van der Waals surface area contributed by atoms with Gasteiger partial charge >= 0.3 is 0 Å². The van der Waals surface area contributed by atoms with Crippen LogP contribution in [0.15, 0.2) is 66.7 Å². The summed E-state index contributed by atoms with van der Waals surface area (Å²) in [6.45, 7) is 4.27. The molecule has 0 spiro atoms. The van der Waals surface area contributed by atoms with Crippen molar-refractivity contribution < 1.29 is 9.84 Å². The summed E-state index contributed by atoms with van der Waals surface area (Å²) >= 11 is 12.8. The Bertz CT molecular complexity index is 1280. The van der Waals surface area contributed by atoms with E-state index < -0.39 is 5.60 Å². The van der Waals surface area contributed by atoms with Crippen molar-refractivity contribution >= 4 is 28.9 Å². The highest BCUT2D eigenvalue weighted by Crippen LogP contribution is 2.38. The van der Waals surface area contributed by atoms with Crippen molar-refractivity contribution in [2.24, 2.45) is 0 Å². The lowest BCUT2D eigenvalue weighted by molar-refractivity contribution is 0.0103. The molecule has 36 heavy (non-hydrogen) atoms. The molecule has 1 aliphatic rings. The molecular weight excluding hydrogens is 495 g/mol. The van der Waals surface area contributed by atoms with Crippen molar-refractivity contribution in [3.05, 3.63) is 93.5 Å². The minimum absolute atomic E-state index is 0.0313. The Balaban J connectivity index is 1.59. The normalized spacial score (nSPS) is 17.6. The number of rotatable bonds is 7. The number of β-amino-alcohol motifs (C(OH)–C–C–N with tert-alkyl or cyclic N) is 1. The predicted molar refractivity (Wildman–Crippen MR) is 141 cm³/mol. The Morgan fingerprint density at radius 1 is 1.03 bits per heavy atom. The molecule has 1 fully saturated rings. The first-order chi connectivity index (χ1) is 17.3. The van der Waals surface area contributed by atoms with Crippen LogP contribution in [-0.4, -0.2) is 42.8 Å². The summed E-state index contributed by atoms with van der Waals surface area (Å²) in [6, 6.07) is 24.4. The van der Waals surface area contributed by atoms with Crippen LogP contribution in [0, 0.1) is 22.7 Å². The number of halogens is 2. The van der Waals surface area contributed by atoms with Gasteiger partial charge in [0.1, 0.15) is 11.8 Å². The topological polar surface area (TPSA) is 83.5 Å². The molecule has 8 heteroatoms. The van der Waals surface area contributed by atoms with Crippen LogP contribution in [0.3, 0.4) is 0 Å². The molecule has 0 bridgehead atoms. The summed E-state index contributed by atoms with van der Waals surface area (Å²) in [6.07, 6.45) is 0. The van der Waals surface area contributed by atoms with Crippen LogP contribution < -0.4 is 9.64 Å². The lowest BCUT2D eigenvalue weighted by Gasteiger charge is -2.45. The largest absolute Gasteiger partial charge is 0.479 e. The van der Waals surface area contributed by atoms with E-state index in [0.29, 0.717) is 41.0 Å². The van der Waals surface area contributed by atoms with Gasteiger partial charge in [0.15, 0.2) is 6.61 Å². The molecule has 2 atom stereocenters. The summed E-state index contributed by atoms with van der Waals surface area (Å²) in [4.78, 5) is 4.50. The molecule has 4 rings (SSSR count). The summed E-state index contributed by atoms with van der Waals surface area (Å²) in [5.74, 6) is 0.547. The zero-order chi connectivity index (χ0) is 25.7. The fourth-order valence-electron chi connectivity index (χ4n) is 4.60. The highest BCUT2D eigenvalue weighted by molar-refractivity contribution is 6.33. The molecule has 0 unspecified atom stereocenters. The molecule has 0 aromatic heterocycles. The van der Waals surface area contributed by atoms with Gasteiger partial charge in [0.25, 0.3) is 0 Å². The van der Waals surface area contributed by atoms with E-state index in [1.807, 2.05) is 42.5 Å². The number of ether oxygens (including phenoxy) is 1. The van der Waals surface area contributed by atoms with Gasteiger partial charge in [0, 0.05) is 37.3 Å². The summed E-state index contributed by atoms with van der Waals surface area (Å²) in [7, 11) is 0. The molecule has 184 valence electrons. The fourth-order valence-corrected chi connectivity index (χ4v) is 5.00. The lowest BCUT2D eigenvalue weighted by atomic mass is 9.93. The molecule has 0 aliphatic carbocycles. The Kier molecular flexibility index (Phi) is 8.04. The highest BCUT2D eigenvalue weighted by atomic mass is 35.5. The SMILES string of the molecule is C[C@@](O)(CN1CCN(c2ccc(OCC#N)cc2Cl)[C@H](c2ccc(Cl)cc2)C1)c1ccc(C#N)cc1. The Morgan fingerprint density at radius 2 is 1.75 bits per heavy atom. The summed E-state index contributed by atoms with van der Waals surface area (Å²) < 4.78 is 5.40. The first kappa shape index (κ1) is 25.8. The third kappa shape index (κ3) is 5.93. The number of hydrogen-bond acceptors (Lipinski definition) is 6. The van der Waals surface area contributed by atoms with Gasteiger partial charge in [-0.2, -0.15) is 10.5 Å².